The van der Waals surface area contributed by atoms with Crippen LogP contribution in [0.3, 0.4) is 0 Å². The second kappa shape index (κ2) is 12.6. The third-order valence-electron chi connectivity index (χ3n) is 3.99. The molecule has 0 unspecified atom stereocenters. The number of nitrogens with one attached hydrogen (secondary N) is 2. The van der Waals surface area contributed by atoms with Gasteiger partial charge < -0.3 is 14.2 Å². The van der Waals surface area contributed by atoms with Crippen molar-refractivity contribution in [3.8, 4) is 11.5 Å². The summed E-state index contributed by atoms with van der Waals surface area (Å²) < 4.78 is 16.6. The number of ether oxygens (including phenoxy) is 3. The van der Waals surface area contributed by atoms with E-state index in [-0.39, 0.29) is 13.2 Å². The Bertz CT molecular complexity index is 901. The van der Waals surface area contributed by atoms with E-state index in [1.807, 2.05) is 6.92 Å². The number of hydrogen-bond acceptors (Lipinski definition) is 6. The molecule has 0 aromatic heterocycles. The maximum Gasteiger partial charge on any atom is 0.338 e. The van der Waals surface area contributed by atoms with Crippen LogP contribution in [0, 0.1) is 0 Å². The van der Waals surface area contributed by atoms with E-state index in [0.29, 0.717) is 33.7 Å². The highest BCUT2D eigenvalue weighted by Crippen LogP contribution is 2.23. The first kappa shape index (κ1) is 24.2. The second-order valence-electron chi connectivity index (χ2n) is 6.38. The van der Waals surface area contributed by atoms with E-state index in [1.54, 1.807) is 49.4 Å². The third kappa shape index (κ3) is 7.93. The normalized spacial score (nSPS) is 10.2. The number of carbonyl (C=O) groups excluding carboxylic acids is 3. The van der Waals surface area contributed by atoms with Gasteiger partial charge in [-0.15, -0.1) is 0 Å². The largest absolute Gasteiger partial charge is 0.493 e. The van der Waals surface area contributed by atoms with Crippen LogP contribution in [-0.2, 0) is 9.53 Å². The zero-order valence-electron chi connectivity index (χ0n) is 17.4. The molecule has 0 fully saturated rings. The zero-order valence-corrected chi connectivity index (χ0v) is 19.0. The molecule has 0 radical (unpaired) electrons. The highest BCUT2D eigenvalue weighted by molar-refractivity contribution is 9.10. The van der Waals surface area contributed by atoms with Gasteiger partial charge in [0.1, 0.15) is 11.5 Å². The molecule has 0 aliphatic carbocycles. The number of esters is 1. The fourth-order valence-corrected chi connectivity index (χ4v) is 2.77. The molecule has 0 saturated heterocycles. The van der Waals surface area contributed by atoms with Gasteiger partial charge in [0.25, 0.3) is 11.8 Å². The first-order chi connectivity index (χ1) is 14.9. The average molecular weight is 493 g/mol. The zero-order chi connectivity index (χ0) is 22.6. The summed E-state index contributed by atoms with van der Waals surface area (Å²) >= 11 is 3.33. The summed E-state index contributed by atoms with van der Waals surface area (Å²) in [5.74, 6) is -0.666. The van der Waals surface area contributed by atoms with Crippen molar-refractivity contribution in [1.29, 1.82) is 0 Å². The molecule has 2 aromatic rings. The minimum absolute atomic E-state index is 0.287. The monoisotopic (exact) mass is 492 g/mol. The van der Waals surface area contributed by atoms with E-state index >= 15 is 0 Å². The molecule has 0 saturated carbocycles. The number of hydrogen-bond donors (Lipinski definition) is 2. The van der Waals surface area contributed by atoms with Crippen LogP contribution in [0.2, 0.25) is 0 Å². The fourth-order valence-electron chi connectivity index (χ4n) is 2.41. The minimum Gasteiger partial charge on any atom is -0.493 e. The van der Waals surface area contributed by atoms with Crippen molar-refractivity contribution >= 4 is 33.7 Å². The van der Waals surface area contributed by atoms with Crippen molar-refractivity contribution in [3.63, 3.8) is 0 Å². The van der Waals surface area contributed by atoms with Crippen LogP contribution in [0.5, 0.6) is 11.5 Å². The SMILES string of the molecule is CCCCOc1ccc(Br)cc1C(=O)NNC(=O)COc1ccc(C(=O)OCC)cc1. The van der Waals surface area contributed by atoms with E-state index in [0.717, 1.165) is 12.8 Å². The van der Waals surface area contributed by atoms with Crippen molar-refractivity contribution in [2.75, 3.05) is 19.8 Å². The Morgan fingerprint density at radius 1 is 0.968 bits per heavy atom. The Kier molecular flexibility index (Phi) is 9.83. The molecule has 166 valence electrons. The van der Waals surface area contributed by atoms with E-state index < -0.39 is 17.8 Å². The van der Waals surface area contributed by atoms with Crippen LogP contribution in [0.25, 0.3) is 0 Å². The Balaban J connectivity index is 1.85. The molecule has 0 spiro atoms. The maximum absolute atomic E-state index is 12.5. The highest BCUT2D eigenvalue weighted by atomic mass is 79.9. The number of carbonyl (C=O) groups is 3. The molecular formula is C22H25BrN2O6. The van der Waals surface area contributed by atoms with Crippen molar-refractivity contribution < 1.29 is 28.6 Å². The van der Waals surface area contributed by atoms with Gasteiger partial charge in [0.15, 0.2) is 6.61 Å². The van der Waals surface area contributed by atoms with Crippen LogP contribution in [-0.4, -0.2) is 37.6 Å². The Morgan fingerprint density at radius 2 is 1.71 bits per heavy atom. The first-order valence-corrected chi connectivity index (χ1v) is 10.6. The van der Waals surface area contributed by atoms with Crippen molar-refractivity contribution in [3.05, 3.63) is 58.1 Å². The number of rotatable bonds is 10. The second-order valence-corrected chi connectivity index (χ2v) is 7.29. The molecule has 2 amide bonds. The molecule has 2 rings (SSSR count). The summed E-state index contributed by atoms with van der Waals surface area (Å²) in [6.07, 6.45) is 1.84. The number of benzene rings is 2. The molecule has 2 N–H and O–H groups in total. The molecule has 0 aliphatic rings. The van der Waals surface area contributed by atoms with Gasteiger partial charge in [0.05, 0.1) is 24.3 Å². The topological polar surface area (TPSA) is 103 Å². The van der Waals surface area contributed by atoms with Gasteiger partial charge in [-0.05, 0) is 55.8 Å². The molecule has 9 heteroatoms. The smallest absolute Gasteiger partial charge is 0.338 e. The van der Waals surface area contributed by atoms with Crippen LogP contribution < -0.4 is 20.3 Å². The molecule has 8 nitrogen and oxygen atoms in total. The van der Waals surface area contributed by atoms with Gasteiger partial charge in [-0.1, -0.05) is 29.3 Å². The van der Waals surface area contributed by atoms with Crippen LogP contribution in [0.15, 0.2) is 46.9 Å². The van der Waals surface area contributed by atoms with Gasteiger partial charge in [-0.3, -0.25) is 20.4 Å². The van der Waals surface area contributed by atoms with E-state index in [9.17, 15) is 14.4 Å². The summed E-state index contributed by atoms with van der Waals surface area (Å²) in [4.78, 5) is 36.1. The third-order valence-corrected chi connectivity index (χ3v) is 4.49. The van der Waals surface area contributed by atoms with Crippen LogP contribution >= 0.6 is 15.9 Å². The Hall–Kier alpha value is -3.07. The Labute approximate surface area is 189 Å². The molecule has 0 heterocycles. The minimum atomic E-state index is -0.550. The number of unbranched alkanes of at least 4 members (excludes halogenated alkanes) is 1. The lowest BCUT2D eigenvalue weighted by Gasteiger charge is -2.13. The predicted molar refractivity (Wildman–Crippen MR) is 118 cm³/mol. The molecule has 0 bridgehead atoms. The standard InChI is InChI=1S/C22H25BrN2O6/c1-3-5-12-30-19-11-8-16(23)13-18(19)21(27)25-24-20(26)14-31-17-9-6-15(7-10-17)22(28)29-4-2/h6-11,13H,3-5,12,14H2,1-2H3,(H,24,26)(H,25,27). The lowest BCUT2D eigenvalue weighted by molar-refractivity contribution is -0.123. The fraction of sp³-hybridized carbons (Fsp3) is 0.318. The molecule has 2 aromatic carbocycles. The quantitative estimate of drug-likeness (QED) is 0.298. The van der Waals surface area contributed by atoms with Crippen molar-refractivity contribution in [2.24, 2.45) is 0 Å². The summed E-state index contributed by atoms with van der Waals surface area (Å²) in [6.45, 7) is 4.23. The van der Waals surface area contributed by atoms with E-state index in [2.05, 4.69) is 26.8 Å². The van der Waals surface area contributed by atoms with Gasteiger partial charge in [-0.2, -0.15) is 0 Å². The lowest BCUT2D eigenvalue weighted by Crippen LogP contribution is -2.44. The number of halogens is 1. The molecular weight excluding hydrogens is 468 g/mol. The average Bonchev–Trinajstić information content (AvgIpc) is 2.77. The predicted octanol–water partition coefficient (Wildman–Crippen LogP) is 3.64. The molecule has 0 aliphatic heterocycles. The lowest BCUT2D eigenvalue weighted by atomic mass is 10.2. The summed E-state index contributed by atoms with van der Waals surface area (Å²) in [6, 6.07) is 11.3. The van der Waals surface area contributed by atoms with Gasteiger partial charge >= 0.3 is 5.97 Å². The van der Waals surface area contributed by atoms with Crippen molar-refractivity contribution in [1.82, 2.24) is 10.9 Å². The van der Waals surface area contributed by atoms with Crippen LogP contribution in [0.4, 0.5) is 0 Å². The summed E-state index contributed by atoms with van der Waals surface area (Å²) in [5, 5.41) is 0. The van der Waals surface area contributed by atoms with E-state index in [1.165, 1.54) is 0 Å². The first-order valence-electron chi connectivity index (χ1n) is 9.86. The van der Waals surface area contributed by atoms with Crippen LogP contribution in [0.1, 0.15) is 47.4 Å². The number of amides is 2. The van der Waals surface area contributed by atoms with E-state index in [4.69, 9.17) is 14.2 Å². The maximum atomic E-state index is 12.5. The van der Waals surface area contributed by atoms with Gasteiger partial charge in [-0.25, -0.2) is 4.79 Å². The highest BCUT2D eigenvalue weighted by Gasteiger charge is 2.15. The van der Waals surface area contributed by atoms with Gasteiger partial charge in [0.2, 0.25) is 0 Å². The number of hydrazine groups is 1. The van der Waals surface area contributed by atoms with Crippen molar-refractivity contribution in [2.45, 2.75) is 26.7 Å². The van der Waals surface area contributed by atoms with Gasteiger partial charge in [0, 0.05) is 4.47 Å². The molecule has 0 atom stereocenters. The summed E-state index contributed by atoms with van der Waals surface area (Å²) in [5.41, 5.74) is 5.33. The molecule has 31 heavy (non-hydrogen) atoms. The Morgan fingerprint density at radius 3 is 2.39 bits per heavy atom. The summed E-state index contributed by atoms with van der Waals surface area (Å²) in [7, 11) is 0.